The van der Waals surface area contributed by atoms with Crippen molar-refractivity contribution in [1.82, 2.24) is 0 Å². The Labute approximate surface area is 203 Å². The van der Waals surface area contributed by atoms with Crippen LogP contribution in [0.25, 0.3) is 0 Å². The summed E-state index contributed by atoms with van der Waals surface area (Å²) in [6, 6.07) is -0.385. The quantitative estimate of drug-likeness (QED) is 0.454. The highest BCUT2D eigenvalue weighted by atomic mass is 35.5. The number of aliphatic hydroxyl groups excluding tert-OH is 1. The number of carbonyl (C=O) groups is 3. The standard InChI is InChI=1S/C24H30Cl2O7/c1-4-31-20(30)33-23(19(29)32-13-25)10-8-16-17-6-5-14-11-15(27)7-9-21(14,2)24(17,26)18(28)12-22(16,23)3/h7,9,11,16-18,28H,4-6,8,10,12-13H2,1-3H3. The average Bonchev–Trinajstić information content (AvgIpc) is 3.03. The molecule has 0 bridgehead atoms. The van der Waals surface area contributed by atoms with Gasteiger partial charge in [-0.05, 0) is 63.0 Å². The van der Waals surface area contributed by atoms with Crippen molar-refractivity contribution in [2.45, 2.75) is 69.5 Å². The minimum Gasteiger partial charge on any atom is -0.446 e. The summed E-state index contributed by atoms with van der Waals surface area (Å²) in [5.41, 5.74) is -2.39. The van der Waals surface area contributed by atoms with Gasteiger partial charge in [0.1, 0.15) is 0 Å². The Kier molecular flexibility index (Phi) is 6.16. The Bertz CT molecular complexity index is 932. The fourth-order valence-electron chi connectivity index (χ4n) is 7.20. The fourth-order valence-corrected chi connectivity index (χ4v) is 7.82. The highest BCUT2D eigenvalue weighted by Crippen LogP contribution is 2.71. The van der Waals surface area contributed by atoms with Crippen LogP contribution in [0.3, 0.4) is 0 Å². The summed E-state index contributed by atoms with van der Waals surface area (Å²) in [6.07, 6.45) is 5.13. The van der Waals surface area contributed by atoms with Gasteiger partial charge in [-0.25, -0.2) is 9.59 Å². The van der Waals surface area contributed by atoms with Gasteiger partial charge in [-0.2, -0.15) is 0 Å². The van der Waals surface area contributed by atoms with Crippen molar-refractivity contribution < 1.29 is 33.7 Å². The van der Waals surface area contributed by atoms with E-state index in [0.29, 0.717) is 19.3 Å². The van der Waals surface area contributed by atoms with Crippen molar-refractivity contribution in [3.05, 3.63) is 23.8 Å². The van der Waals surface area contributed by atoms with E-state index in [1.165, 1.54) is 6.08 Å². The van der Waals surface area contributed by atoms with Gasteiger partial charge in [0.25, 0.3) is 0 Å². The van der Waals surface area contributed by atoms with Crippen LogP contribution in [-0.4, -0.2) is 52.3 Å². The zero-order valence-electron chi connectivity index (χ0n) is 19.1. The van der Waals surface area contributed by atoms with Crippen molar-refractivity contribution in [3.63, 3.8) is 0 Å². The van der Waals surface area contributed by atoms with Gasteiger partial charge in [-0.3, -0.25) is 4.79 Å². The fraction of sp³-hybridized carbons (Fsp3) is 0.708. The molecule has 0 amide bonds. The van der Waals surface area contributed by atoms with Crippen molar-refractivity contribution in [3.8, 4) is 0 Å². The van der Waals surface area contributed by atoms with E-state index in [-0.39, 0.29) is 43.1 Å². The molecule has 3 saturated carbocycles. The lowest BCUT2D eigenvalue weighted by Gasteiger charge is -2.63. The van der Waals surface area contributed by atoms with Gasteiger partial charge in [0.05, 0.1) is 17.6 Å². The van der Waals surface area contributed by atoms with Crippen molar-refractivity contribution in [2.24, 2.45) is 22.7 Å². The number of esters is 1. The highest BCUT2D eigenvalue weighted by Gasteiger charge is 2.75. The average molecular weight is 501 g/mol. The topological polar surface area (TPSA) is 99.1 Å². The number of alkyl halides is 2. The van der Waals surface area contributed by atoms with Crippen LogP contribution in [-0.2, 0) is 23.8 Å². The summed E-state index contributed by atoms with van der Waals surface area (Å²) in [7, 11) is 0. The van der Waals surface area contributed by atoms with E-state index in [1.54, 1.807) is 13.0 Å². The van der Waals surface area contributed by atoms with Crippen molar-refractivity contribution in [2.75, 3.05) is 12.7 Å². The lowest BCUT2D eigenvalue weighted by molar-refractivity contribution is -0.196. The number of carbonyl (C=O) groups excluding carboxylic acids is 3. The third kappa shape index (κ3) is 3.22. The van der Waals surface area contributed by atoms with E-state index >= 15 is 0 Å². The predicted octanol–water partition coefficient (Wildman–Crippen LogP) is 4.28. The van der Waals surface area contributed by atoms with Crippen LogP contribution in [0, 0.1) is 22.7 Å². The maximum atomic E-state index is 13.2. The molecule has 0 aromatic carbocycles. The SMILES string of the molecule is CCOC(=O)OC1(C(=O)OCCl)CCC2C3CCC4=CC(=O)C=CC4(C)C3(Cl)C(O)CC21C. The second kappa shape index (κ2) is 8.28. The van der Waals surface area contributed by atoms with Crippen molar-refractivity contribution in [1.29, 1.82) is 0 Å². The van der Waals surface area contributed by atoms with Gasteiger partial charge in [-0.1, -0.05) is 37.1 Å². The third-order valence-corrected chi connectivity index (χ3v) is 9.83. The molecule has 182 valence electrons. The number of hydrogen-bond acceptors (Lipinski definition) is 7. The number of hydrogen-bond donors (Lipinski definition) is 1. The summed E-state index contributed by atoms with van der Waals surface area (Å²) < 4.78 is 15.9. The Morgan fingerprint density at radius 3 is 2.61 bits per heavy atom. The second-order valence-corrected chi connectivity index (χ2v) is 10.8. The molecule has 7 atom stereocenters. The summed E-state index contributed by atoms with van der Waals surface area (Å²) in [4.78, 5) is 36.6. The molecule has 0 aromatic rings. The van der Waals surface area contributed by atoms with E-state index in [1.807, 2.05) is 19.9 Å². The molecular formula is C24H30Cl2O7. The molecule has 7 unspecified atom stereocenters. The zero-order valence-corrected chi connectivity index (χ0v) is 20.6. The van der Waals surface area contributed by atoms with Gasteiger partial charge in [0, 0.05) is 10.8 Å². The molecule has 0 aliphatic heterocycles. The predicted molar refractivity (Wildman–Crippen MR) is 121 cm³/mol. The van der Waals surface area contributed by atoms with Crippen LogP contribution >= 0.6 is 23.2 Å². The maximum absolute atomic E-state index is 13.2. The summed E-state index contributed by atoms with van der Waals surface area (Å²) >= 11 is 13.1. The normalized spacial score (nSPS) is 43.6. The first-order chi connectivity index (χ1) is 15.5. The molecule has 0 heterocycles. The molecule has 4 aliphatic rings. The minimum atomic E-state index is -1.65. The molecule has 1 N–H and O–H groups in total. The van der Waals surface area contributed by atoms with Crippen molar-refractivity contribution >= 4 is 41.1 Å². The maximum Gasteiger partial charge on any atom is 0.509 e. The Morgan fingerprint density at radius 1 is 1.21 bits per heavy atom. The molecule has 33 heavy (non-hydrogen) atoms. The zero-order chi connectivity index (χ0) is 24.2. The van der Waals surface area contributed by atoms with Gasteiger partial charge in [0.2, 0.25) is 5.60 Å². The molecule has 0 radical (unpaired) electrons. The largest absolute Gasteiger partial charge is 0.509 e. The van der Waals surface area contributed by atoms with Crippen LogP contribution in [0.4, 0.5) is 4.79 Å². The molecule has 0 saturated heterocycles. The second-order valence-electron chi connectivity index (χ2n) is 9.96. The van der Waals surface area contributed by atoms with Gasteiger partial charge < -0.3 is 19.3 Å². The van der Waals surface area contributed by atoms with Crippen LogP contribution in [0.15, 0.2) is 23.8 Å². The first-order valence-corrected chi connectivity index (χ1v) is 12.3. The van der Waals surface area contributed by atoms with Gasteiger partial charge in [-0.15, -0.1) is 11.6 Å². The summed E-state index contributed by atoms with van der Waals surface area (Å²) in [5, 5.41) is 11.6. The first kappa shape index (κ1) is 24.6. The molecule has 4 rings (SSSR count). The molecular weight excluding hydrogens is 471 g/mol. The monoisotopic (exact) mass is 500 g/mol. The van der Waals surface area contributed by atoms with Gasteiger partial charge in [0.15, 0.2) is 11.8 Å². The molecule has 0 spiro atoms. The number of ketones is 1. The van der Waals surface area contributed by atoms with Crippen LogP contribution in [0.1, 0.15) is 52.9 Å². The minimum absolute atomic E-state index is 0.0807. The number of ether oxygens (including phenoxy) is 3. The smallest absolute Gasteiger partial charge is 0.446 e. The Balaban J connectivity index is 1.78. The van der Waals surface area contributed by atoms with Crippen LogP contribution in [0.2, 0.25) is 0 Å². The molecule has 4 aliphatic carbocycles. The van der Waals surface area contributed by atoms with E-state index in [0.717, 1.165) is 5.57 Å². The first-order valence-electron chi connectivity index (χ1n) is 11.4. The Hall–Kier alpha value is -1.57. The highest BCUT2D eigenvalue weighted by molar-refractivity contribution is 6.26. The molecule has 3 fully saturated rings. The number of rotatable bonds is 4. The molecule has 9 heteroatoms. The number of allylic oxidation sites excluding steroid dienone is 4. The lowest BCUT2D eigenvalue weighted by Crippen LogP contribution is -2.69. The Morgan fingerprint density at radius 2 is 1.94 bits per heavy atom. The van der Waals surface area contributed by atoms with E-state index in [2.05, 4.69) is 0 Å². The molecule has 7 nitrogen and oxygen atoms in total. The van der Waals surface area contributed by atoms with E-state index in [4.69, 9.17) is 37.4 Å². The number of aliphatic hydroxyl groups is 1. The van der Waals surface area contributed by atoms with Crippen LogP contribution < -0.4 is 0 Å². The number of fused-ring (bicyclic) bond motifs is 5. The van der Waals surface area contributed by atoms with Crippen LogP contribution in [0.5, 0.6) is 0 Å². The summed E-state index contributed by atoms with van der Waals surface area (Å²) in [5.74, 6) is -1.15. The van der Waals surface area contributed by atoms with E-state index in [9.17, 15) is 19.5 Å². The van der Waals surface area contributed by atoms with Gasteiger partial charge >= 0.3 is 12.1 Å². The number of halogens is 2. The summed E-state index contributed by atoms with van der Waals surface area (Å²) in [6.45, 7) is 5.56. The molecule has 0 aromatic heterocycles. The lowest BCUT2D eigenvalue weighted by atomic mass is 9.46. The third-order valence-electron chi connectivity index (χ3n) is 8.80. The van der Waals surface area contributed by atoms with E-state index < -0.39 is 39.5 Å².